The van der Waals surface area contributed by atoms with Gasteiger partial charge in [0.15, 0.2) is 0 Å². The van der Waals surface area contributed by atoms with Gasteiger partial charge in [-0.3, -0.25) is 4.68 Å². The number of benzene rings is 1. The molecule has 1 aromatic carbocycles. The summed E-state index contributed by atoms with van der Waals surface area (Å²) in [6.45, 7) is 6.47. The maximum atomic E-state index is 4.61. The third-order valence-corrected chi connectivity index (χ3v) is 3.65. The van der Waals surface area contributed by atoms with Crippen LogP contribution in [-0.4, -0.2) is 9.78 Å². The van der Waals surface area contributed by atoms with Crippen LogP contribution in [0.4, 0.5) is 0 Å². The number of rotatable bonds is 2. The lowest BCUT2D eigenvalue weighted by Gasteiger charge is -2.05. The molecule has 1 aromatic heterocycles. The van der Waals surface area contributed by atoms with Gasteiger partial charge in [-0.1, -0.05) is 37.6 Å². The lowest BCUT2D eigenvalue weighted by molar-refractivity contribution is 0.668. The van der Waals surface area contributed by atoms with E-state index in [2.05, 4.69) is 66.1 Å². The largest absolute Gasteiger partial charge is 0.271 e. The number of nitrogens with zero attached hydrogens (tertiary/aromatic N) is 2. The quantitative estimate of drug-likeness (QED) is 0.808. The van der Waals surface area contributed by atoms with Gasteiger partial charge in [0.1, 0.15) is 5.69 Å². The average molecular weight is 293 g/mol. The zero-order valence-corrected chi connectivity index (χ0v) is 12.2. The van der Waals surface area contributed by atoms with Gasteiger partial charge in [-0.15, -0.1) is 0 Å². The molecule has 90 valence electrons. The number of aryl methyl sites for hydroxylation is 2. The van der Waals surface area contributed by atoms with E-state index in [1.165, 1.54) is 16.8 Å². The van der Waals surface area contributed by atoms with Crippen LogP contribution in [0, 0.1) is 6.92 Å². The number of aromatic nitrogens is 2. The zero-order valence-electron chi connectivity index (χ0n) is 10.7. The molecule has 0 unspecified atom stereocenters. The van der Waals surface area contributed by atoms with Gasteiger partial charge in [-0.05, 0) is 34.8 Å². The maximum absolute atomic E-state index is 4.61. The van der Waals surface area contributed by atoms with Gasteiger partial charge in [-0.25, -0.2) is 0 Å². The van der Waals surface area contributed by atoms with E-state index in [-0.39, 0.29) is 0 Å². The van der Waals surface area contributed by atoms with Crippen LogP contribution in [0.3, 0.4) is 0 Å². The Morgan fingerprint density at radius 1 is 1.29 bits per heavy atom. The summed E-state index contributed by atoms with van der Waals surface area (Å²) in [5.74, 6) is 0.459. The minimum Gasteiger partial charge on any atom is -0.271 e. The Kier molecular flexibility index (Phi) is 3.38. The highest BCUT2D eigenvalue weighted by Crippen LogP contribution is 2.33. The van der Waals surface area contributed by atoms with E-state index in [1.54, 1.807) is 0 Å². The molecule has 17 heavy (non-hydrogen) atoms. The summed E-state index contributed by atoms with van der Waals surface area (Å²) in [5.41, 5.74) is 4.69. The number of hydrogen-bond acceptors (Lipinski definition) is 1. The molecule has 0 bridgehead atoms. The zero-order chi connectivity index (χ0) is 12.6. The van der Waals surface area contributed by atoms with E-state index in [1.807, 2.05) is 11.7 Å². The highest BCUT2D eigenvalue weighted by molar-refractivity contribution is 9.10. The van der Waals surface area contributed by atoms with Gasteiger partial charge in [0.05, 0.1) is 10.2 Å². The van der Waals surface area contributed by atoms with Crippen molar-refractivity contribution in [1.82, 2.24) is 9.78 Å². The fourth-order valence-electron chi connectivity index (χ4n) is 2.12. The standard InChI is InChI=1S/C14H17BrN2/c1-9(2)14-12(15)13(16-17(14)4)11-7-5-6-10(3)8-11/h5-9H,1-4H3. The van der Waals surface area contributed by atoms with Crippen LogP contribution < -0.4 is 0 Å². The topological polar surface area (TPSA) is 17.8 Å². The summed E-state index contributed by atoms with van der Waals surface area (Å²) < 4.78 is 3.08. The van der Waals surface area contributed by atoms with E-state index in [4.69, 9.17) is 0 Å². The Hall–Kier alpha value is -1.09. The molecule has 0 saturated heterocycles. The van der Waals surface area contributed by atoms with Crippen LogP contribution in [0.15, 0.2) is 28.7 Å². The first-order valence-corrected chi connectivity index (χ1v) is 6.59. The van der Waals surface area contributed by atoms with Crippen LogP contribution in [-0.2, 0) is 7.05 Å². The Balaban J connectivity index is 2.58. The normalized spacial score (nSPS) is 11.2. The first kappa shape index (κ1) is 12.4. The molecule has 0 aliphatic carbocycles. The monoisotopic (exact) mass is 292 g/mol. The SMILES string of the molecule is Cc1cccc(-c2nn(C)c(C(C)C)c2Br)c1. The van der Waals surface area contributed by atoms with Crippen molar-refractivity contribution in [3.63, 3.8) is 0 Å². The smallest absolute Gasteiger partial charge is 0.107 e. The van der Waals surface area contributed by atoms with Crippen molar-refractivity contribution >= 4 is 15.9 Å². The van der Waals surface area contributed by atoms with Crippen LogP contribution >= 0.6 is 15.9 Å². The predicted octanol–water partition coefficient (Wildman–Crippen LogP) is 4.28. The van der Waals surface area contributed by atoms with Crippen LogP contribution in [0.1, 0.15) is 31.0 Å². The summed E-state index contributed by atoms with van der Waals surface area (Å²) in [7, 11) is 2.00. The van der Waals surface area contributed by atoms with Crippen LogP contribution in [0.5, 0.6) is 0 Å². The Labute approximate surface area is 111 Å². The second kappa shape index (κ2) is 4.65. The third kappa shape index (κ3) is 2.29. The molecule has 2 nitrogen and oxygen atoms in total. The average Bonchev–Trinajstić information content (AvgIpc) is 2.54. The molecule has 3 heteroatoms. The fourth-order valence-corrected chi connectivity index (χ4v) is 3.14. The van der Waals surface area contributed by atoms with Crippen LogP contribution in [0.25, 0.3) is 11.3 Å². The summed E-state index contributed by atoms with van der Waals surface area (Å²) in [4.78, 5) is 0. The van der Waals surface area contributed by atoms with Gasteiger partial charge >= 0.3 is 0 Å². The highest BCUT2D eigenvalue weighted by Gasteiger charge is 2.17. The van der Waals surface area contributed by atoms with Crippen molar-refractivity contribution in [1.29, 1.82) is 0 Å². The molecule has 0 spiro atoms. The number of hydrogen-bond donors (Lipinski definition) is 0. The van der Waals surface area contributed by atoms with Gasteiger partial charge in [0.25, 0.3) is 0 Å². The predicted molar refractivity (Wildman–Crippen MR) is 75.2 cm³/mol. The first-order valence-electron chi connectivity index (χ1n) is 5.80. The Morgan fingerprint density at radius 3 is 2.53 bits per heavy atom. The molecule has 0 radical (unpaired) electrons. The minimum absolute atomic E-state index is 0.459. The van der Waals surface area contributed by atoms with Gasteiger partial charge in [0, 0.05) is 12.6 Å². The van der Waals surface area contributed by atoms with Crippen molar-refractivity contribution in [3.8, 4) is 11.3 Å². The second-order valence-corrected chi connectivity index (χ2v) is 5.49. The lowest BCUT2D eigenvalue weighted by atomic mass is 10.1. The Bertz CT molecular complexity index is 541. The van der Waals surface area contributed by atoms with Crippen molar-refractivity contribution in [2.24, 2.45) is 7.05 Å². The summed E-state index contributed by atoms with van der Waals surface area (Å²) in [6, 6.07) is 8.44. The lowest BCUT2D eigenvalue weighted by Crippen LogP contribution is -1.99. The highest BCUT2D eigenvalue weighted by atomic mass is 79.9. The van der Waals surface area contributed by atoms with Gasteiger partial charge in [-0.2, -0.15) is 5.10 Å². The molecular formula is C14H17BrN2. The van der Waals surface area contributed by atoms with E-state index in [0.717, 1.165) is 10.2 Å². The molecule has 0 atom stereocenters. The first-order chi connectivity index (χ1) is 8.00. The van der Waals surface area contributed by atoms with Crippen molar-refractivity contribution in [3.05, 3.63) is 40.0 Å². The van der Waals surface area contributed by atoms with Crippen LogP contribution in [0.2, 0.25) is 0 Å². The number of halogens is 1. The third-order valence-electron chi connectivity index (χ3n) is 2.87. The molecule has 0 aliphatic rings. The molecule has 0 saturated carbocycles. The molecule has 0 amide bonds. The van der Waals surface area contributed by atoms with Crippen molar-refractivity contribution in [2.75, 3.05) is 0 Å². The molecular weight excluding hydrogens is 276 g/mol. The van der Waals surface area contributed by atoms with E-state index >= 15 is 0 Å². The summed E-state index contributed by atoms with van der Waals surface area (Å²) in [6.07, 6.45) is 0. The Morgan fingerprint density at radius 2 is 2.00 bits per heavy atom. The van der Waals surface area contributed by atoms with E-state index in [9.17, 15) is 0 Å². The second-order valence-electron chi connectivity index (χ2n) is 4.70. The fraction of sp³-hybridized carbons (Fsp3) is 0.357. The van der Waals surface area contributed by atoms with E-state index in [0.29, 0.717) is 5.92 Å². The molecule has 2 aromatic rings. The van der Waals surface area contributed by atoms with E-state index < -0.39 is 0 Å². The molecule has 0 N–H and O–H groups in total. The molecule has 2 rings (SSSR count). The summed E-state index contributed by atoms with van der Waals surface area (Å²) in [5, 5.41) is 4.61. The van der Waals surface area contributed by atoms with Gasteiger partial charge < -0.3 is 0 Å². The molecule has 0 fully saturated rings. The molecule has 1 heterocycles. The van der Waals surface area contributed by atoms with Crippen molar-refractivity contribution in [2.45, 2.75) is 26.7 Å². The minimum atomic E-state index is 0.459. The maximum Gasteiger partial charge on any atom is 0.107 e. The molecule has 0 aliphatic heterocycles. The van der Waals surface area contributed by atoms with Crippen molar-refractivity contribution < 1.29 is 0 Å². The summed E-state index contributed by atoms with van der Waals surface area (Å²) >= 11 is 3.68. The van der Waals surface area contributed by atoms with Gasteiger partial charge in [0.2, 0.25) is 0 Å².